The van der Waals surface area contributed by atoms with Gasteiger partial charge in [0.05, 0.1) is 11.0 Å². The van der Waals surface area contributed by atoms with Crippen molar-refractivity contribution in [3.8, 4) is 11.1 Å². The molecule has 0 amide bonds. The van der Waals surface area contributed by atoms with Crippen molar-refractivity contribution in [1.82, 2.24) is 4.57 Å². The van der Waals surface area contributed by atoms with Gasteiger partial charge in [0.25, 0.3) is 0 Å². The zero-order chi connectivity index (χ0) is 18.6. The molecule has 0 aliphatic heterocycles. The first kappa shape index (κ1) is 16.9. The van der Waals surface area contributed by atoms with Crippen LogP contribution in [-0.2, 0) is 13.2 Å². The molecule has 0 N–H and O–H groups in total. The van der Waals surface area contributed by atoms with Crippen LogP contribution >= 0.6 is 15.9 Å². The molecule has 0 bridgehead atoms. The summed E-state index contributed by atoms with van der Waals surface area (Å²) in [6.07, 6.45) is -4.84. The lowest BCUT2D eigenvalue weighted by atomic mass is 10.00. The Labute approximate surface area is 153 Å². The van der Waals surface area contributed by atoms with Gasteiger partial charge in [-0.25, -0.2) is 4.79 Å². The van der Waals surface area contributed by atoms with Crippen molar-refractivity contribution in [2.24, 2.45) is 7.05 Å². The molecule has 2 aromatic carbocycles. The molecule has 0 unspecified atom stereocenters. The van der Waals surface area contributed by atoms with E-state index < -0.39 is 17.4 Å². The molecule has 26 heavy (non-hydrogen) atoms. The standard InChI is InChI=1S/C19H11BrF3NO2/c1-24-13-9-11(20)7-8-12(13)17-16(24)14(10-5-3-2-4-6-10)15(18(25)26-17)19(21,22)23/h2-9H,1H3. The second-order valence-corrected chi connectivity index (χ2v) is 6.82. The summed E-state index contributed by atoms with van der Waals surface area (Å²) in [4.78, 5) is 12.3. The van der Waals surface area contributed by atoms with Crippen molar-refractivity contribution in [2.45, 2.75) is 6.18 Å². The van der Waals surface area contributed by atoms with Crippen LogP contribution in [0.2, 0.25) is 0 Å². The maximum Gasteiger partial charge on any atom is 0.424 e. The van der Waals surface area contributed by atoms with Gasteiger partial charge in [0.2, 0.25) is 0 Å². The van der Waals surface area contributed by atoms with Gasteiger partial charge in [-0.3, -0.25) is 0 Å². The molecule has 0 spiro atoms. The van der Waals surface area contributed by atoms with E-state index in [1.54, 1.807) is 60.1 Å². The van der Waals surface area contributed by atoms with Crippen LogP contribution in [0.5, 0.6) is 0 Å². The lowest BCUT2D eigenvalue weighted by Gasteiger charge is -2.13. The second-order valence-electron chi connectivity index (χ2n) is 5.90. The number of hydrogen-bond acceptors (Lipinski definition) is 2. The number of nitrogens with zero attached hydrogens (tertiary/aromatic N) is 1. The van der Waals surface area contributed by atoms with Gasteiger partial charge in [-0.2, -0.15) is 13.2 Å². The Kier molecular flexibility index (Phi) is 3.73. The fourth-order valence-corrected chi connectivity index (χ4v) is 3.62. The lowest BCUT2D eigenvalue weighted by Crippen LogP contribution is -2.20. The molecule has 0 fully saturated rings. The summed E-state index contributed by atoms with van der Waals surface area (Å²) in [5.41, 5.74) is -1.50. The summed E-state index contributed by atoms with van der Waals surface area (Å²) < 4.78 is 48.6. The maximum absolute atomic E-state index is 13.7. The minimum absolute atomic E-state index is 0.145. The van der Waals surface area contributed by atoms with Gasteiger partial charge in [0.1, 0.15) is 0 Å². The van der Waals surface area contributed by atoms with Gasteiger partial charge < -0.3 is 8.98 Å². The van der Waals surface area contributed by atoms with Crippen molar-refractivity contribution in [1.29, 1.82) is 0 Å². The van der Waals surface area contributed by atoms with Gasteiger partial charge >= 0.3 is 11.8 Å². The van der Waals surface area contributed by atoms with Crippen LogP contribution in [0.15, 0.2) is 62.2 Å². The number of aromatic nitrogens is 1. The summed E-state index contributed by atoms with van der Waals surface area (Å²) in [6.45, 7) is 0. The Hall–Kier alpha value is -2.54. The molecule has 132 valence electrons. The quantitative estimate of drug-likeness (QED) is 0.393. The maximum atomic E-state index is 13.7. The minimum Gasteiger partial charge on any atom is -0.420 e. The number of hydrogen-bond donors (Lipinski definition) is 0. The van der Waals surface area contributed by atoms with Gasteiger partial charge in [-0.15, -0.1) is 0 Å². The third kappa shape index (κ3) is 2.46. The smallest absolute Gasteiger partial charge is 0.420 e. The molecule has 4 rings (SSSR count). The number of aryl methyl sites for hydroxylation is 1. The topological polar surface area (TPSA) is 35.1 Å². The normalized spacial score (nSPS) is 12.2. The highest BCUT2D eigenvalue weighted by atomic mass is 79.9. The first-order chi connectivity index (χ1) is 12.3. The molecule has 0 saturated carbocycles. The first-order valence-corrected chi connectivity index (χ1v) is 8.45. The fraction of sp³-hybridized carbons (Fsp3) is 0.105. The van der Waals surface area contributed by atoms with Crippen LogP contribution in [0.4, 0.5) is 13.2 Å². The monoisotopic (exact) mass is 421 g/mol. The van der Waals surface area contributed by atoms with Gasteiger partial charge in [-0.1, -0.05) is 46.3 Å². The van der Waals surface area contributed by atoms with E-state index in [1.165, 1.54) is 0 Å². The summed E-state index contributed by atoms with van der Waals surface area (Å²) >= 11 is 3.36. The highest BCUT2D eigenvalue weighted by Crippen LogP contribution is 2.42. The molecular formula is C19H11BrF3NO2. The molecule has 0 saturated heterocycles. The van der Waals surface area contributed by atoms with Gasteiger partial charge in [-0.05, 0) is 23.8 Å². The van der Waals surface area contributed by atoms with E-state index in [9.17, 15) is 18.0 Å². The third-order valence-electron chi connectivity index (χ3n) is 4.35. The molecule has 0 atom stereocenters. The van der Waals surface area contributed by atoms with E-state index in [2.05, 4.69) is 15.9 Å². The van der Waals surface area contributed by atoms with E-state index in [-0.39, 0.29) is 16.7 Å². The minimum atomic E-state index is -4.84. The first-order valence-electron chi connectivity index (χ1n) is 7.66. The van der Waals surface area contributed by atoms with Crippen molar-refractivity contribution < 1.29 is 17.6 Å². The number of benzene rings is 2. The Morgan fingerprint density at radius 1 is 1.08 bits per heavy atom. The van der Waals surface area contributed by atoms with Crippen molar-refractivity contribution in [2.75, 3.05) is 0 Å². The summed E-state index contributed by atoms with van der Waals surface area (Å²) in [7, 11) is 1.66. The van der Waals surface area contributed by atoms with Crippen LogP contribution in [0, 0.1) is 0 Å². The largest absolute Gasteiger partial charge is 0.424 e. The predicted octanol–water partition coefficient (Wildman–Crippen LogP) is 5.73. The average Bonchev–Trinajstić information content (AvgIpc) is 2.85. The zero-order valence-corrected chi connectivity index (χ0v) is 15.0. The van der Waals surface area contributed by atoms with Gasteiger partial charge in [0.15, 0.2) is 11.1 Å². The van der Waals surface area contributed by atoms with Crippen LogP contribution < -0.4 is 5.63 Å². The van der Waals surface area contributed by atoms with Crippen LogP contribution in [0.25, 0.3) is 33.1 Å². The number of fused-ring (bicyclic) bond motifs is 3. The Balaban J connectivity index is 2.31. The van der Waals surface area contributed by atoms with Crippen molar-refractivity contribution in [3.05, 3.63) is 69.0 Å². The third-order valence-corrected chi connectivity index (χ3v) is 4.84. The molecule has 7 heteroatoms. The Morgan fingerprint density at radius 3 is 2.42 bits per heavy atom. The summed E-state index contributed by atoms with van der Waals surface area (Å²) in [5, 5.41) is 0.578. The van der Waals surface area contributed by atoms with E-state index in [4.69, 9.17) is 4.42 Å². The number of halogens is 4. The summed E-state index contributed by atoms with van der Waals surface area (Å²) in [6, 6.07) is 13.3. The van der Waals surface area contributed by atoms with E-state index in [0.717, 1.165) is 4.47 Å². The molecule has 0 aliphatic rings. The Bertz CT molecular complexity index is 1210. The summed E-state index contributed by atoms with van der Waals surface area (Å²) in [5.74, 6) is 0. The molecular weight excluding hydrogens is 411 g/mol. The second kappa shape index (κ2) is 5.74. The van der Waals surface area contributed by atoms with Crippen LogP contribution in [0.1, 0.15) is 5.56 Å². The lowest BCUT2D eigenvalue weighted by molar-refractivity contribution is -0.139. The van der Waals surface area contributed by atoms with Crippen molar-refractivity contribution in [3.63, 3.8) is 0 Å². The van der Waals surface area contributed by atoms with Crippen LogP contribution in [-0.4, -0.2) is 4.57 Å². The molecule has 2 aromatic heterocycles. The number of rotatable bonds is 1. The van der Waals surface area contributed by atoms with Crippen molar-refractivity contribution >= 4 is 37.9 Å². The van der Waals surface area contributed by atoms with E-state index in [0.29, 0.717) is 16.5 Å². The average molecular weight is 422 g/mol. The van der Waals surface area contributed by atoms with Gasteiger partial charge in [0, 0.05) is 22.5 Å². The van der Waals surface area contributed by atoms with Crippen LogP contribution in [0.3, 0.4) is 0 Å². The highest BCUT2D eigenvalue weighted by molar-refractivity contribution is 9.10. The molecule has 4 aromatic rings. The molecule has 3 nitrogen and oxygen atoms in total. The zero-order valence-electron chi connectivity index (χ0n) is 13.4. The Morgan fingerprint density at radius 2 is 1.77 bits per heavy atom. The predicted molar refractivity (Wildman–Crippen MR) is 97.1 cm³/mol. The molecule has 0 radical (unpaired) electrons. The van der Waals surface area contributed by atoms with E-state index in [1.807, 2.05) is 0 Å². The number of alkyl halides is 3. The fourth-order valence-electron chi connectivity index (χ4n) is 3.27. The molecule has 0 aliphatic carbocycles. The van der Waals surface area contributed by atoms with E-state index >= 15 is 0 Å². The molecule has 2 heterocycles. The SMILES string of the molecule is Cn1c2cc(Br)ccc2c2oc(=O)c(C(F)(F)F)c(-c3ccccc3)c21. The highest BCUT2D eigenvalue weighted by Gasteiger charge is 2.40.